The molecule has 1 aromatic heterocycles. The van der Waals surface area contributed by atoms with Crippen LogP contribution in [0.3, 0.4) is 0 Å². The molecule has 2 N–H and O–H groups in total. The Labute approximate surface area is 126 Å². The lowest BCUT2D eigenvalue weighted by Crippen LogP contribution is -2.28. The Morgan fingerprint density at radius 1 is 1.50 bits per heavy atom. The Hall–Kier alpha value is -1.33. The maximum absolute atomic E-state index is 12.1. The fraction of sp³-hybridized carbons (Fsp3) is 0.400. The largest absolute Gasteiger partial charge is 0.451 e. The summed E-state index contributed by atoms with van der Waals surface area (Å²) in [6.07, 6.45) is 0.673. The van der Waals surface area contributed by atoms with Crippen molar-refractivity contribution in [2.24, 2.45) is 5.92 Å². The molecule has 0 saturated heterocycles. The van der Waals surface area contributed by atoms with Crippen LogP contribution in [0, 0.1) is 12.8 Å². The molecule has 2 rings (SSSR count). The lowest BCUT2D eigenvalue weighted by atomic mass is 10.1. The highest BCUT2D eigenvalue weighted by Crippen LogP contribution is 2.27. The molecule has 1 heterocycles. The molecular weight excluding hydrogens is 322 g/mol. The lowest BCUT2D eigenvalue weighted by Gasteiger charge is -2.10. The SMILES string of the molecule is Cc1c(C(=O)NCC(C)CCO)oc2ccc(Br)cc12. The smallest absolute Gasteiger partial charge is 0.287 e. The quantitative estimate of drug-likeness (QED) is 0.878. The molecule has 4 nitrogen and oxygen atoms in total. The minimum absolute atomic E-state index is 0.134. The number of aryl methyl sites for hydroxylation is 1. The number of halogens is 1. The van der Waals surface area contributed by atoms with Crippen molar-refractivity contribution in [3.8, 4) is 0 Å². The molecule has 1 unspecified atom stereocenters. The molecule has 20 heavy (non-hydrogen) atoms. The summed E-state index contributed by atoms with van der Waals surface area (Å²) in [6, 6.07) is 5.67. The molecule has 0 aliphatic rings. The topological polar surface area (TPSA) is 62.5 Å². The molecule has 2 aromatic rings. The van der Waals surface area contributed by atoms with Gasteiger partial charge in [0.1, 0.15) is 5.58 Å². The molecule has 0 saturated carbocycles. The van der Waals surface area contributed by atoms with E-state index in [0.717, 1.165) is 15.4 Å². The van der Waals surface area contributed by atoms with E-state index < -0.39 is 0 Å². The molecule has 5 heteroatoms. The number of benzene rings is 1. The van der Waals surface area contributed by atoms with Crippen molar-refractivity contribution >= 4 is 32.8 Å². The number of carbonyl (C=O) groups is 1. The maximum atomic E-state index is 12.1. The summed E-state index contributed by atoms with van der Waals surface area (Å²) in [5, 5.41) is 12.6. The average molecular weight is 340 g/mol. The number of amides is 1. The van der Waals surface area contributed by atoms with E-state index in [1.54, 1.807) is 0 Å². The van der Waals surface area contributed by atoms with Crippen molar-refractivity contribution in [2.75, 3.05) is 13.2 Å². The minimum atomic E-state index is -0.209. The lowest BCUT2D eigenvalue weighted by molar-refractivity contribution is 0.0919. The van der Waals surface area contributed by atoms with Crippen molar-refractivity contribution in [1.29, 1.82) is 0 Å². The van der Waals surface area contributed by atoms with E-state index >= 15 is 0 Å². The number of hydrogen-bond donors (Lipinski definition) is 2. The average Bonchev–Trinajstić information content (AvgIpc) is 2.74. The van der Waals surface area contributed by atoms with E-state index in [9.17, 15) is 4.79 Å². The Morgan fingerprint density at radius 3 is 2.95 bits per heavy atom. The summed E-state index contributed by atoms with van der Waals surface area (Å²) in [5.41, 5.74) is 1.55. The zero-order chi connectivity index (χ0) is 14.7. The molecule has 0 fully saturated rings. The van der Waals surface area contributed by atoms with E-state index in [4.69, 9.17) is 9.52 Å². The highest BCUT2D eigenvalue weighted by Gasteiger charge is 2.18. The number of hydrogen-bond acceptors (Lipinski definition) is 3. The number of nitrogens with one attached hydrogen (secondary N) is 1. The van der Waals surface area contributed by atoms with Crippen LogP contribution in [0.25, 0.3) is 11.0 Å². The number of fused-ring (bicyclic) bond motifs is 1. The second kappa shape index (κ2) is 6.41. The molecule has 0 radical (unpaired) electrons. The van der Waals surface area contributed by atoms with Crippen LogP contribution < -0.4 is 5.32 Å². The van der Waals surface area contributed by atoms with Gasteiger partial charge >= 0.3 is 0 Å². The monoisotopic (exact) mass is 339 g/mol. The summed E-state index contributed by atoms with van der Waals surface area (Å²) in [5.74, 6) is 0.386. The van der Waals surface area contributed by atoms with Gasteiger partial charge in [0.2, 0.25) is 0 Å². The first-order chi connectivity index (χ1) is 9.52. The third kappa shape index (κ3) is 3.22. The van der Waals surface area contributed by atoms with Gasteiger partial charge in [-0.05, 0) is 37.5 Å². The third-order valence-corrected chi connectivity index (χ3v) is 3.83. The van der Waals surface area contributed by atoms with Gasteiger partial charge in [-0.3, -0.25) is 4.79 Å². The van der Waals surface area contributed by atoms with Gasteiger partial charge in [0, 0.05) is 28.6 Å². The predicted octanol–water partition coefficient (Wildman–Crippen LogP) is 3.25. The first-order valence-corrected chi connectivity index (χ1v) is 7.40. The van der Waals surface area contributed by atoms with E-state index in [1.807, 2.05) is 32.0 Å². The Balaban J connectivity index is 2.16. The zero-order valence-electron chi connectivity index (χ0n) is 11.6. The minimum Gasteiger partial charge on any atom is -0.451 e. The third-order valence-electron chi connectivity index (χ3n) is 3.34. The van der Waals surface area contributed by atoms with Gasteiger partial charge in [0.25, 0.3) is 5.91 Å². The Bertz CT molecular complexity index is 621. The molecule has 1 atom stereocenters. The van der Waals surface area contributed by atoms with Crippen LogP contribution in [0.1, 0.15) is 29.5 Å². The van der Waals surface area contributed by atoms with Crippen LogP contribution in [0.5, 0.6) is 0 Å². The summed E-state index contributed by atoms with van der Waals surface area (Å²) in [7, 11) is 0. The van der Waals surface area contributed by atoms with E-state index in [0.29, 0.717) is 24.3 Å². The second-order valence-electron chi connectivity index (χ2n) is 5.02. The van der Waals surface area contributed by atoms with Crippen LogP contribution >= 0.6 is 15.9 Å². The molecule has 0 bridgehead atoms. The van der Waals surface area contributed by atoms with Crippen LogP contribution in [0.4, 0.5) is 0 Å². The summed E-state index contributed by atoms with van der Waals surface area (Å²) in [6.45, 7) is 4.53. The van der Waals surface area contributed by atoms with E-state index in [1.165, 1.54) is 0 Å². The van der Waals surface area contributed by atoms with Crippen LogP contribution in [0.2, 0.25) is 0 Å². The molecular formula is C15H18BrNO3. The number of aliphatic hydroxyl groups excluding tert-OH is 1. The standard InChI is InChI=1S/C15H18BrNO3/c1-9(5-6-18)8-17-15(19)14-10(2)12-7-11(16)3-4-13(12)20-14/h3-4,7,9,18H,5-6,8H2,1-2H3,(H,17,19). The van der Waals surface area contributed by atoms with Gasteiger partial charge < -0.3 is 14.8 Å². The number of furan rings is 1. The highest BCUT2D eigenvalue weighted by atomic mass is 79.9. The summed E-state index contributed by atoms with van der Waals surface area (Å²) in [4.78, 5) is 12.1. The Kier molecular flexibility index (Phi) is 4.83. The van der Waals surface area contributed by atoms with Crippen LogP contribution in [0.15, 0.2) is 27.1 Å². The molecule has 1 aromatic carbocycles. The fourth-order valence-electron chi connectivity index (χ4n) is 2.08. The maximum Gasteiger partial charge on any atom is 0.287 e. The van der Waals surface area contributed by atoms with Gasteiger partial charge in [-0.15, -0.1) is 0 Å². The molecule has 0 aliphatic carbocycles. The van der Waals surface area contributed by atoms with Crippen molar-refractivity contribution < 1.29 is 14.3 Å². The highest BCUT2D eigenvalue weighted by molar-refractivity contribution is 9.10. The van der Waals surface area contributed by atoms with Crippen molar-refractivity contribution in [2.45, 2.75) is 20.3 Å². The van der Waals surface area contributed by atoms with Gasteiger partial charge in [0.15, 0.2) is 5.76 Å². The van der Waals surface area contributed by atoms with Crippen molar-refractivity contribution in [1.82, 2.24) is 5.32 Å². The number of aliphatic hydroxyl groups is 1. The van der Waals surface area contributed by atoms with Crippen LogP contribution in [-0.2, 0) is 0 Å². The van der Waals surface area contributed by atoms with Crippen LogP contribution in [-0.4, -0.2) is 24.2 Å². The first-order valence-electron chi connectivity index (χ1n) is 6.60. The summed E-state index contributed by atoms with van der Waals surface area (Å²) < 4.78 is 6.58. The van der Waals surface area contributed by atoms with E-state index in [2.05, 4.69) is 21.2 Å². The van der Waals surface area contributed by atoms with Gasteiger partial charge in [-0.1, -0.05) is 22.9 Å². The van der Waals surface area contributed by atoms with Gasteiger partial charge in [0.05, 0.1) is 0 Å². The molecule has 1 amide bonds. The molecule has 108 valence electrons. The zero-order valence-corrected chi connectivity index (χ0v) is 13.2. The predicted molar refractivity (Wildman–Crippen MR) is 81.9 cm³/mol. The first kappa shape index (κ1) is 15.1. The van der Waals surface area contributed by atoms with E-state index in [-0.39, 0.29) is 18.4 Å². The number of carbonyl (C=O) groups excluding carboxylic acids is 1. The molecule has 0 aliphatic heterocycles. The second-order valence-corrected chi connectivity index (χ2v) is 5.94. The van der Waals surface area contributed by atoms with Gasteiger partial charge in [-0.2, -0.15) is 0 Å². The van der Waals surface area contributed by atoms with Crippen molar-refractivity contribution in [3.63, 3.8) is 0 Å². The normalized spacial score (nSPS) is 12.6. The fourth-order valence-corrected chi connectivity index (χ4v) is 2.44. The van der Waals surface area contributed by atoms with Crippen molar-refractivity contribution in [3.05, 3.63) is 34.0 Å². The summed E-state index contributed by atoms with van der Waals surface area (Å²) >= 11 is 3.41. The number of rotatable bonds is 5. The molecule has 0 spiro atoms. The Morgan fingerprint density at radius 2 is 2.25 bits per heavy atom. The van der Waals surface area contributed by atoms with Gasteiger partial charge in [-0.25, -0.2) is 0 Å².